The quantitative estimate of drug-likeness (QED) is 0.712. The standard InChI is InChI=1S/C15H10ClN3S/c16-12-2-1-3-13-14(12)19(15(20)18-13)11-6-4-10(5-7-11)8-9-17/h1-7H,8H2,(H,18,20). The predicted molar refractivity (Wildman–Crippen MR) is 82.8 cm³/mol. The molecular weight excluding hydrogens is 290 g/mol. The second kappa shape index (κ2) is 5.12. The largest absolute Gasteiger partial charge is 0.330 e. The van der Waals surface area contributed by atoms with Gasteiger partial charge >= 0.3 is 0 Å². The van der Waals surface area contributed by atoms with Crippen LogP contribution in [0.15, 0.2) is 42.5 Å². The van der Waals surface area contributed by atoms with E-state index in [9.17, 15) is 0 Å². The van der Waals surface area contributed by atoms with Gasteiger partial charge in [0.15, 0.2) is 4.77 Å². The number of nitrogens with zero attached hydrogens (tertiary/aromatic N) is 2. The summed E-state index contributed by atoms with van der Waals surface area (Å²) in [5, 5.41) is 9.35. The molecular formula is C15H10ClN3S. The molecule has 0 spiro atoms. The Bertz CT molecular complexity index is 869. The zero-order chi connectivity index (χ0) is 14.1. The van der Waals surface area contributed by atoms with Gasteiger partial charge in [0.05, 0.1) is 28.5 Å². The van der Waals surface area contributed by atoms with E-state index < -0.39 is 0 Å². The molecule has 1 heterocycles. The number of nitriles is 1. The summed E-state index contributed by atoms with van der Waals surface area (Å²) in [6, 6.07) is 15.5. The molecule has 5 heteroatoms. The number of hydrogen-bond donors (Lipinski definition) is 1. The van der Waals surface area contributed by atoms with Gasteiger partial charge in [0.25, 0.3) is 0 Å². The van der Waals surface area contributed by atoms with Crippen LogP contribution in [-0.2, 0) is 6.42 Å². The number of para-hydroxylation sites is 1. The lowest BCUT2D eigenvalue weighted by Gasteiger charge is -2.06. The first-order valence-corrected chi connectivity index (χ1v) is 6.85. The molecule has 0 saturated carbocycles. The molecule has 0 radical (unpaired) electrons. The van der Waals surface area contributed by atoms with E-state index in [1.165, 1.54) is 0 Å². The van der Waals surface area contributed by atoms with Crippen molar-refractivity contribution in [2.75, 3.05) is 0 Å². The second-order valence-electron chi connectivity index (χ2n) is 4.40. The number of hydrogen-bond acceptors (Lipinski definition) is 2. The van der Waals surface area contributed by atoms with Crippen LogP contribution in [0, 0.1) is 16.1 Å². The van der Waals surface area contributed by atoms with E-state index in [0.717, 1.165) is 22.3 Å². The van der Waals surface area contributed by atoms with Crippen molar-refractivity contribution in [3.8, 4) is 11.8 Å². The number of H-pyrrole nitrogens is 1. The average Bonchev–Trinajstić information content (AvgIpc) is 2.78. The Morgan fingerprint density at radius 1 is 1.20 bits per heavy atom. The maximum absolute atomic E-state index is 8.70. The van der Waals surface area contributed by atoms with Crippen LogP contribution in [0.1, 0.15) is 5.56 Å². The number of nitrogens with one attached hydrogen (secondary N) is 1. The first-order valence-electron chi connectivity index (χ1n) is 6.06. The van der Waals surface area contributed by atoms with Gasteiger partial charge < -0.3 is 4.98 Å². The zero-order valence-corrected chi connectivity index (χ0v) is 12.0. The third-order valence-corrected chi connectivity index (χ3v) is 3.72. The summed E-state index contributed by atoms with van der Waals surface area (Å²) in [5.74, 6) is 0. The molecule has 3 nitrogen and oxygen atoms in total. The molecule has 0 aliphatic heterocycles. The minimum atomic E-state index is 0.403. The average molecular weight is 300 g/mol. The molecule has 3 rings (SSSR count). The Kier molecular flexibility index (Phi) is 3.31. The number of aromatic amines is 1. The molecule has 0 bridgehead atoms. The fourth-order valence-corrected chi connectivity index (χ4v) is 2.78. The predicted octanol–water partition coefficient (Wildman–Crippen LogP) is 4.41. The molecule has 0 saturated heterocycles. The van der Waals surface area contributed by atoms with Crippen molar-refractivity contribution in [3.05, 3.63) is 57.8 Å². The first-order chi connectivity index (χ1) is 9.70. The van der Waals surface area contributed by atoms with Gasteiger partial charge in [-0.2, -0.15) is 5.26 Å². The number of benzene rings is 2. The van der Waals surface area contributed by atoms with Crippen molar-refractivity contribution in [1.29, 1.82) is 5.26 Å². The van der Waals surface area contributed by atoms with E-state index in [2.05, 4.69) is 11.1 Å². The Balaban J connectivity index is 2.22. The minimum absolute atomic E-state index is 0.403. The molecule has 98 valence electrons. The summed E-state index contributed by atoms with van der Waals surface area (Å²) in [4.78, 5) is 3.15. The third-order valence-electron chi connectivity index (χ3n) is 3.13. The van der Waals surface area contributed by atoms with Gasteiger partial charge in [0.1, 0.15) is 0 Å². The molecule has 0 amide bonds. The minimum Gasteiger partial charge on any atom is -0.330 e. The Morgan fingerprint density at radius 2 is 1.95 bits per heavy atom. The van der Waals surface area contributed by atoms with Gasteiger partial charge in [-0.15, -0.1) is 0 Å². The summed E-state index contributed by atoms with van der Waals surface area (Å²) in [5.41, 5.74) is 3.68. The highest BCUT2D eigenvalue weighted by atomic mass is 35.5. The first kappa shape index (κ1) is 12.9. The molecule has 0 atom stereocenters. The second-order valence-corrected chi connectivity index (χ2v) is 5.20. The van der Waals surface area contributed by atoms with Gasteiger partial charge in [-0.05, 0) is 42.0 Å². The van der Waals surface area contributed by atoms with Gasteiger partial charge in [0, 0.05) is 5.69 Å². The molecule has 0 unspecified atom stereocenters. The highest BCUT2D eigenvalue weighted by Crippen LogP contribution is 2.26. The molecule has 0 fully saturated rings. The van der Waals surface area contributed by atoms with Crippen molar-refractivity contribution in [2.45, 2.75) is 6.42 Å². The summed E-state index contributed by atoms with van der Waals surface area (Å²) >= 11 is 11.7. The van der Waals surface area contributed by atoms with Crippen molar-refractivity contribution < 1.29 is 0 Å². The topological polar surface area (TPSA) is 44.5 Å². The SMILES string of the molecule is N#CCc1ccc(-n2c(=S)[nH]c3cccc(Cl)c32)cc1. The lowest BCUT2D eigenvalue weighted by Crippen LogP contribution is -1.95. The molecule has 1 aromatic heterocycles. The molecule has 3 aromatic rings. The van der Waals surface area contributed by atoms with E-state index in [-0.39, 0.29) is 0 Å². The molecule has 2 aromatic carbocycles. The summed E-state index contributed by atoms with van der Waals surface area (Å²) < 4.78 is 2.50. The van der Waals surface area contributed by atoms with Crippen molar-refractivity contribution >= 4 is 34.9 Å². The highest BCUT2D eigenvalue weighted by molar-refractivity contribution is 7.71. The molecule has 20 heavy (non-hydrogen) atoms. The number of fused-ring (bicyclic) bond motifs is 1. The van der Waals surface area contributed by atoms with Crippen LogP contribution < -0.4 is 0 Å². The maximum atomic E-state index is 8.70. The van der Waals surface area contributed by atoms with E-state index in [0.29, 0.717) is 16.2 Å². The third kappa shape index (κ3) is 2.11. The normalized spacial score (nSPS) is 10.6. The zero-order valence-electron chi connectivity index (χ0n) is 10.4. The maximum Gasteiger partial charge on any atom is 0.182 e. The van der Waals surface area contributed by atoms with Gasteiger partial charge in [0.2, 0.25) is 0 Å². The smallest absolute Gasteiger partial charge is 0.182 e. The lowest BCUT2D eigenvalue weighted by atomic mass is 10.1. The van der Waals surface area contributed by atoms with Crippen molar-refractivity contribution in [1.82, 2.24) is 9.55 Å². The molecule has 0 aliphatic rings. The fraction of sp³-hybridized carbons (Fsp3) is 0.0667. The number of rotatable bonds is 2. The van der Waals surface area contributed by atoms with Crippen LogP contribution in [0.25, 0.3) is 16.7 Å². The monoisotopic (exact) mass is 299 g/mol. The lowest BCUT2D eigenvalue weighted by molar-refractivity contribution is 1.06. The van der Waals surface area contributed by atoms with Crippen LogP contribution in [0.4, 0.5) is 0 Å². The van der Waals surface area contributed by atoms with E-state index in [1.54, 1.807) is 0 Å². The van der Waals surface area contributed by atoms with Crippen LogP contribution in [0.5, 0.6) is 0 Å². The fourth-order valence-electron chi connectivity index (χ4n) is 2.22. The Labute approximate surface area is 126 Å². The summed E-state index contributed by atoms with van der Waals surface area (Å²) in [6.45, 7) is 0. The summed E-state index contributed by atoms with van der Waals surface area (Å²) in [6.07, 6.45) is 0.403. The van der Waals surface area contributed by atoms with E-state index in [1.807, 2.05) is 47.0 Å². The highest BCUT2D eigenvalue weighted by Gasteiger charge is 2.09. The van der Waals surface area contributed by atoms with Crippen LogP contribution in [0.3, 0.4) is 0 Å². The number of aromatic nitrogens is 2. The Morgan fingerprint density at radius 3 is 2.65 bits per heavy atom. The van der Waals surface area contributed by atoms with Crippen LogP contribution in [-0.4, -0.2) is 9.55 Å². The number of halogens is 1. The van der Waals surface area contributed by atoms with Gasteiger partial charge in [-0.25, -0.2) is 0 Å². The van der Waals surface area contributed by atoms with Crippen LogP contribution >= 0.6 is 23.8 Å². The van der Waals surface area contributed by atoms with E-state index in [4.69, 9.17) is 29.1 Å². The van der Waals surface area contributed by atoms with Gasteiger partial charge in [-0.1, -0.05) is 29.8 Å². The van der Waals surface area contributed by atoms with Crippen molar-refractivity contribution in [3.63, 3.8) is 0 Å². The van der Waals surface area contributed by atoms with Gasteiger partial charge in [-0.3, -0.25) is 4.57 Å². The van der Waals surface area contributed by atoms with E-state index >= 15 is 0 Å². The molecule has 0 aliphatic carbocycles. The van der Waals surface area contributed by atoms with Crippen molar-refractivity contribution in [2.24, 2.45) is 0 Å². The Hall–Kier alpha value is -2.09. The molecule has 1 N–H and O–H groups in total. The number of imidazole rings is 1. The summed E-state index contributed by atoms with van der Waals surface area (Å²) in [7, 11) is 0. The van der Waals surface area contributed by atoms with Crippen LogP contribution in [0.2, 0.25) is 5.02 Å².